The molecule has 2 saturated heterocycles. The molecule has 2 rings (SSSR count). The van der Waals surface area contributed by atoms with Gasteiger partial charge in [0.05, 0.1) is 11.8 Å². The maximum atomic E-state index is 11.9. The van der Waals surface area contributed by atoms with Crippen LogP contribution in [0, 0.1) is 11.8 Å². The average molecular weight is 212 g/mol. The van der Waals surface area contributed by atoms with Gasteiger partial charge in [-0.15, -0.1) is 0 Å². The lowest BCUT2D eigenvalue weighted by Crippen LogP contribution is -2.36. The van der Waals surface area contributed by atoms with Gasteiger partial charge in [0.15, 0.2) is 0 Å². The molecule has 0 aromatic rings. The highest BCUT2D eigenvalue weighted by molar-refractivity contribution is 5.81. The number of carbonyl (C=O) groups is 2. The lowest BCUT2D eigenvalue weighted by Gasteiger charge is -2.19. The van der Waals surface area contributed by atoms with E-state index in [9.17, 15) is 9.59 Å². The zero-order valence-corrected chi connectivity index (χ0v) is 8.61. The number of hydrogen-bond acceptors (Lipinski definition) is 3. The van der Waals surface area contributed by atoms with Crippen LogP contribution >= 0.6 is 0 Å². The number of nitrogens with one attached hydrogen (secondary N) is 1. The topological polar surface area (TPSA) is 69.6 Å². The second-order valence-electron chi connectivity index (χ2n) is 4.30. The number of likely N-dealkylation sites (tertiary alicyclic amines) is 1. The first-order chi connectivity index (χ1) is 7.18. The van der Waals surface area contributed by atoms with Crippen LogP contribution in [0.3, 0.4) is 0 Å². The molecule has 0 bridgehead atoms. The van der Waals surface area contributed by atoms with Gasteiger partial charge in [-0.25, -0.2) is 0 Å². The molecule has 2 fully saturated rings. The maximum Gasteiger partial charge on any atom is 0.308 e. The Hall–Kier alpha value is -1.10. The first-order valence-electron chi connectivity index (χ1n) is 5.41. The van der Waals surface area contributed by atoms with Crippen molar-refractivity contribution in [2.24, 2.45) is 11.8 Å². The second-order valence-corrected chi connectivity index (χ2v) is 4.30. The quantitative estimate of drug-likeness (QED) is 0.649. The second kappa shape index (κ2) is 4.18. The Morgan fingerprint density at radius 1 is 1.27 bits per heavy atom. The SMILES string of the molecule is O=C(O)[C@@H]1CCN(C(=O)[C@@H]2CCNC2)C1. The third-order valence-electron chi connectivity index (χ3n) is 3.26. The van der Waals surface area contributed by atoms with Crippen molar-refractivity contribution in [1.82, 2.24) is 10.2 Å². The largest absolute Gasteiger partial charge is 0.481 e. The van der Waals surface area contributed by atoms with Crippen LogP contribution in [0.2, 0.25) is 0 Å². The number of carboxylic acids is 1. The molecule has 2 aliphatic heterocycles. The molecule has 1 amide bonds. The molecule has 0 aliphatic carbocycles. The molecule has 2 atom stereocenters. The Balaban J connectivity index is 1.89. The van der Waals surface area contributed by atoms with Gasteiger partial charge in [0.1, 0.15) is 0 Å². The zero-order chi connectivity index (χ0) is 10.8. The van der Waals surface area contributed by atoms with E-state index in [1.165, 1.54) is 0 Å². The lowest BCUT2D eigenvalue weighted by atomic mass is 10.1. The fourth-order valence-electron chi connectivity index (χ4n) is 2.29. The molecule has 84 valence electrons. The van der Waals surface area contributed by atoms with Gasteiger partial charge >= 0.3 is 5.97 Å². The van der Waals surface area contributed by atoms with Gasteiger partial charge < -0.3 is 15.3 Å². The molecule has 0 saturated carbocycles. The molecule has 15 heavy (non-hydrogen) atoms. The summed E-state index contributed by atoms with van der Waals surface area (Å²) in [4.78, 5) is 24.4. The average Bonchev–Trinajstić information content (AvgIpc) is 2.88. The summed E-state index contributed by atoms with van der Waals surface area (Å²) in [6, 6.07) is 0. The van der Waals surface area contributed by atoms with E-state index in [0.717, 1.165) is 19.5 Å². The zero-order valence-electron chi connectivity index (χ0n) is 8.61. The minimum atomic E-state index is -0.783. The standard InChI is InChI=1S/C10H16N2O3/c13-9(7-1-3-11-5-7)12-4-2-8(6-12)10(14)15/h7-8,11H,1-6H2,(H,14,15)/t7-,8-/m1/s1. The molecule has 0 radical (unpaired) electrons. The number of carboxylic acid groups (broad SMARTS) is 1. The fourth-order valence-corrected chi connectivity index (χ4v) is 2.29. The molecular formula is C10H16N2O3. The van der Waals surface area contributed by atoms with Crippen molar-refractivity contribution in [3.8, 4) is 0 Å². The van der Waals surface area contributed by atoms with Gasteiger partial charge in [-0.2, -0.15) is 0 Å². The van der Waals surface area contributed by atoms with E-state index in [4.69, 9.17) is 5.11 Å². The van der Waals surface area contributed by atoms with Crippen LogP contribution in [0.5, 0.6) is 0 Å². The van der Waals surface area contributed by atoms with Crippen molar-refractivity contribution in [2.45, 2.75) is 12.8 Å². The molecule has 0 aromatic heterocycles. The van der Waals surface area contributed by atoms with Crippen molar-refractivity contribution in [3.63, 3.8) is 0 Å². The van der Waals surface area contributed by atoms with E-state index in [2.05, 4.69) is 5.32 Å². The van der Waals surface area contributed by atoms with Crippen molar-refractivity contribution in [1.29, 1.82) is 0 Å². The molecule has 0 unspecified atom stereocenters. The van der Waals surface area contributed by atoms with Crippen LogP contribution in [0.25, 0.3) is 0 Å². The summed E-state index contributed by atoms with van der Waals surface area (Å²) in [5, 5.41) is 12.0. The Bertz CT molecular complexity index is 274. The van der Waals surface area contributed by atoms with Crippen molar-refractivity contribution < 1.29 is 14.7 Å². The molecule has 5 heteroatoms. The smallest absolute Gasteiger partial charge is 0.308 e. The normalized spacial score (nSPS) is 30.8. The van der Waals surface area contributed by atoms with Crippen LogP contribution < -0.4 is 5.32 Å². The van der Waals surface area contributed by atoms with Crippen LogP contribution in [0.15, 0.2) is 0 Å². The van der Waals surface area contributed by atoms with E-state index in [1.54, 1.807) is 4.90 Å². The minimum absolute atomic E-state index is 0.0672. The van der Waals surface area contributed by atoms with Crippen LogP contribution in [-0.2, 0) is 9.59 Å². The molecule has 0 spiro atoms. The highest BCUT2D eigenvalue weighted by Gasteiger charge is 2.34. The van der Waals surface area contributed by atoms with Crippen LogP contribution in [-0.4, -0.2) is 48.1 Å². The summed E-state index contributed by atoms with van der Waals surface area (Å²) in [5.41, 5.74) is 0. The van der Waals surface area contributed by atoms with Crippen LogP contribution in [0.1, 0.15) is 12.8 Å². The number of carbonyl (C=O) groups excluding carboxylic acids is 1. The molecule has 2 aliphatic rings. The van der Waals surface area contributed by atoms with Gasteiger partial charge in [0, 0.05) is 19.6 Å². The third-order valence-corrected chi connectivity index (χ3v) is 3.26. The lowest BCUT2D eigenvalue weighted by molar-refractivity contribution is -0.141. The highest BCUT2D eigenvalue weighted by Crippen LogP contribution is 2.20. The summed E-state index contributed by atoms with van der Waals surface area (Å²) < 4.78 is 0. The Morgan fingerprint density at radius 3 is 2.60 bits per heavy atom. The van der Waals surface area contributed by atoms with E-state index in [1.807, 2.05) is 0 Å². The van der Waals surface area contributed by atoms with Crippen LogP contribution in [0.4, 0.5) is 0 Å². The number of hydrogen-bond donors (Lipinski definition) is 2. The molecular weight excluding hydrogens is 196 g/mol. The first kappa shape index (κ1) is 10.4. The Labute approximate surface area is 88.4 Å². The van der Waals surface area contributed by atoms with E-state index in [-0.39, 0.29) is 17.7 Å². The summed E-state index contributed by atoms with van der Waals surface area (Å²) in [5.74, 6) is -0.945. The predicted molar refractivity (Wildman–Crippen MR) is 53.3 cm³/mol. The van der Waals surface area contributed by atoms with Crippen molar-refractivity contribution >= 4 is 11.9 Å². The summed E-state index contributed by atoms with van der Waals surface area (Å²) in [6.07, 6.45) is 1.48. The van der Waals surface area contributed by atoms with E-state index < -0.39 is 5.97 Å². The number of aliphatic carboxylic acids is 1. The predicted octanol–water partition coefficient (Wildman–Crippen LogP) is -0.471. The van der Waals surface area contributed by atoms with E-state index >= 15 is 0 Å². The molecule has 2 N–H and O–H groups in total. The van der Waals surface area contributed by atoms with Crippen molar-refractivity contribution in [3.05, 3.63) is 0 Å². The van der Waals surface area contributed by atoms with Gasteiger partial charge in [0.25, 0.3) is 0 Å². The minimum Gasteiger partial charge on any atom is -0.481 e. The van der Waals surface area contributed by atoms with E-state index in [0.29, 0.717) is 19.5 Å². The third kappa shape index (κ3) is 2.12. The molecule has 5 nitrogen and oxygen atoms in total. The summed E-state index contributed by atoms with van der Waals surface area (Å²) >= 11 is 0. The number of nitrogens with zero attached hydrogens (tertiary/aromatic N) is 1. The van der Waals surface area contributed by atoms with Gasteiger partial charge in [-0.05, 0) is 19.4 Å². The van der Waals surface area contributed by atoms with Gasteiger partial charge in [0.2, 0.25) is 5.91 Å². The summed E-state index contributed by atoms with van der Waals surface area (Å²) in [6.45, 7) is 2.64. The van der Waals surface area contributed by atoms with Crippen molar-refractivity contribution in [2.75, 3.05) is 26.2 Å². The first-order valence-corrected chi connectivity index (χ1v) is 5.41. The maximum absolute atomic E-state index is 11.9. The van der Waals surface area contributed by atoms with Gasteiger partial charge in [-0.3, -0.25) is 9.59 Å². The number of rotatable bonds is 2. The fraction of sp³-hybridized carbons (Fsp3) is 0.800. The summed E-state index contributed by atoms with van der Waals surface area (Å²) in [7, 11) is 0. The number of amides is 1. The Kier molecular flexibility index (Phi) is 2.90. The molecule has 0 aromatic carbocycles. The van der Waals surface area contributed by atoms with Gasteiger partial charge in [-0.1, -0.05) is 0 Å². The Morgan fingerprint density at radius 2 is 2.07 bits per heavy atom. The monoisotopic (exact) mass is 212 g/mol. The highest BCUT2D eigenvalue weighted by atomic mass is 16.4. The molecule has 2 heterocycles.